The molecule has 0 N–H and O–H groups in total. The number of ether oxygens (including phenoxy) is 1. The van der Waals surface area contributed by atoms with Gasteiger partial charge in [0.1, 0.15) is 17.3 Å². The van der Waals surface area contributed by atoms with Crippen LogP contribution in [0.2, 0.25) is 0 Å². The quantitative estimate of drug-likeness (QED) is 0.358. The molecule has 1 rings (SSSR count). The highest BCUT2D eigenvalue weighted by Crippen LogP contribution is 2.18. The average Bonchev–Trinajstić information content (AvgIpc) is 2.49. The van der Waals surface area contributed by atoms with E-state index in [9.17, 15) is 0 Å². The van der Waals surface area contributed by atoms with Crippen molar-refractivity contribution in [2.75, 3.05) is 23.9 Å². The van der Waals surface area contributed by atoms with Gasteiger partial charge in [0.05, 0.1) is 6.10 Å². The largest absolute Gasteiger partial charge is 0.378 e. The molecule has 1 heterocycles. The molecule has 119 valence electrons. The maximum absolute atomic E-state index is 5.87. The predicted octanol–water partition coefficient (Wildman–Crippen LogP) is 5.15. The van der Waals surface area contributed by atoms with Gasteiger partial charge in [-0.2, -0.15) is 0 Å². The van der Waals surface area contributed by atoms with Crippen molar-refractivity contribution in [1.82, 2.24) is 0 Å². The molecule has 1 nitrogen and oxygen atoms in total. The molecule has 0 aromatic carbocycles. The second-order valence-electron chi connectivity index (χ2n) is 6.14. The zero-order valence-electron chi connectivity index (χ0n) is 13.9. The van der Waals surface area contributed by atoms with Gasteiger partial charge in [0, 0.05) is 19.4 Å². The van der Waals surface area contributed by atoms with E-state index in [4.69, 9.17) is 4.74 Å². The van der Waals surface area contributed by atoms with Gasteiger partial charge in [-0.1, -0.05) is 39.5 Å². The van der Waals surface area contributed by atoms with E-state index in [-0.39, 0.29) is 0 Å². The number of rotatable bonds is 12. The van der Waals surface area contributed by atoms with Gasteiger partial charge in [0.25, 0.3) is 0 Å². The number of unbranched alkanes of at least 4 members (excludes halogenated alkanes) is 5. The Balaban J connectivity index is 2.05. The molecule has 1 aliphatic heterocycles. The van der Waals surface area contributed by atoms with Crippen LogP contribution in [0.5, 0.6) is 0 Å². The van der Waals surface area contributed by atoms with E-state index in [1.165, 1.54) is 81.5 Å². The fraction of sp³-hybridized carbons (Fsp3) is 0.944. The summed E-state index contributed by atoms with van der Waals surface area (Å²) in [6, 6.07) is 0. The summed E-state index contributed by atoms with van der Waals surface area (Å²) >= 11 is 0. The molecular weight excluding hydrogens is 264 g/mol. The van der Waals surface area contributed by atoms with Gasteiger partial charge >= 0.3 is 0 Å². The number of hydrogen-bond acceptors (Lipinski definition) is 1. The molecule has 0 bridgehead atoms. The van der Waals surface area contributed by atoms with Crippen molar-refractivity contribution in [3.05, 3.63) is 6.42 Å². The van der Waals surface area contributed by atoms with E-state index >= 15 is 0 Å². The first-order valence-electron chi connectivity index (χ1n) is 8.90. The van der Waals surface area contributed by atoms with Crippen molar-refractivity contribution in [1.29, 1.82) is 0 Å². The molecule has 1 radical (unpaired) electrons. The van der Waals surface area contributed by atoms with E-state index in [0.717, 1.165) is 6.61 Å². The van der Waals surface area contributed by atoms with Crippen LogP contribution in [-0.4, -0.2) is 30.0 Å². The third kappa shape index (κ3) is 9.28. The highest BCUT2D eigenvalue weighted by atomic mass is 32.2. The minimum absolute atomic E-state index is 0.583. The molecule has 0 spiro atoms. The molecule has 0 amide bonds. The Morgan fingerprint density at radius 1 is 1.05 bits per heavy atom. The van der Waals surface area contributed by atoms with E-state index < -0.39 is 0 Å². The predicted molar refractivity (Wildman–Crippen MR) is 93.5 cm³/mol. The zero-order chi connectivity index (χ0) is 14.5. The van der Waals surface area contributed by atoms with Crippen molar-refractivity contribution >= 4 is 10.9 Å². The molecule has 1 saturated heterocycles. The van der Waals surface area contributed by atoms with Gasteiger partial charge in [0.15, 0.2) is 0 Å². The first-order valence-corrected chi connectivity index (χ1v) is 10.6. The summed E-state index contributed by atoms with van der Waals surface area (Å²) in [5, 5.41) is 0. The lowest BCUT2D eigenvalue weighted by atomic mass is 10.1. The summed E-state index contributed by atoms with van der Waals surface area (Å²) in [6.45, 7) is 5.52. The average molecular weight is 301 g/mol. The van der Waals surface area contributed by atoms with Crippen LogP contribution in [0, 0.1) is 6.42 Å². The Morgan fingerprint density at radius 2 is 1.85 bits per heavy atom. The molecule has 0 aromatic heterocycles. The van der Waals surface area contributed by atoms with Gasteiger partial charge in [-0.3, -0.25) is 0 Å². The van der Waals surface area contributed by atoms with E-state index in [2.05, 4.69) is 20.3 Å². The molecule has 0 saturated carbocycles. The fourth-order valence-corrected chi connectivity index (χ4v) is 5.14. The van der Waals surface area contributed by atoms with Crippen molar-refractivity contribution < 1.29 is 4.74 Å². The summed E-state index contributed by atoms with van der Waals surface area (Å²) < 4.78 is 5.87. The van der Waals surface area contributed by atoms with Gasteiger partial charge < -0.3 is 4.74 Å². The highest BCUT2D eigenvalue weighted by molar-refractivity contribution is 7.96. The monoisotopic (exact) mass is 300 g/mol. The van der Waals surface area contributed by atoms with Crippen LogP contribution < -0.4 is 0 Å². The van der Waals surface area contributed by atoms with E-state index in [0.29, 0.717) is 17.0 Å². The first kappa shape index (κ1) is 18.4. The molecule has 20 heavy (non-hydrogen) atoms. The summed E-state index contributed by atoms with van der Waals surface area (Å²) in [7, 11) is 0.631. The van der Waals surface area contributed by atoms with Crippen LogP contribution >= 0.6 is 0 Å². The first-order chi connectivity index (χ1) is 9.86. The lowest BCUT2D eigenvalue weighted by molar-refractivity contribution is 0.0149. The van der Waals surface area contributed by atoms with Crippen LogP contribution in [0.25, 0.3) is 0 Å². The molecule has 2 unspecified atom stereocenters. The van der Waals surface area contributed by atoms with Crippen molar-refractivity contribution in [2.24, 2.45) is 0 Å². The van der Waals surface area contributed by atoms with Crippen LogP contribution in [0.4, 0.5) is 0 Å². The molecular formula is C18H36OS+. The van der Waals surface area contributed by atoms with Crippen LogP contribution in [0.3, 0.4) is 0 Å². The lowest BCUT2D eigenvalue weighted by Crippen LogP contribution is -2.25. The van der Waals surface area contributed by atoms with Gasteiger partial charge in [-0.25, -0.2) is 0 Å². The van der Waals surface area contributed by atoms with Crippen molar-refractivity contribution in [3.63, 3.8) is 0 Å². The Morgan fingerprint density at radius 3 is 2.55 bits per heavy atom. The molecule has 0 aromatic rings. The molecule has 2 heteroatoms. The Kier molecular flexibility index (Phi) is 11.9. The Hall–Kier alpha value is 0.310. The second kappa shape index (κ2) is 13.0. The summed E-state index contributed by atoms with van der Waals surface area (Å²) in [6.07, 6.45) is 16.8. The Bertz CT molecular complexity index is 202. The topological polar surface area (TPSA) is 9.23 Å². The van der Waals surface area contributed by atoms with Crippen LogP contribution in [0.15, 0.2) is 0 Å². The maximum atomic E-state index is 5.87. The van der Waals surface area contributed by atoms with Crippen molar-refractivity contribution in [3.8, 4) is 0 Å². The smallest absolute Gasteiger partial charge is 0.111 e. The molecule has 1 aliphatic rings. The minimum atomic E-state index is 0.583. The molecule has 1 fully saturated rings. The van der Waals surface area contributed by atoms with E-state index in [1.54, 1.807) is 0 Å². The zero-order valence-corrected chi connectivity index (χ0v) is 14.7. The third-order valence-corrected chi connectivity index (χ3v) is 6.68. The van der Waals surface area contributed by atoms with Gasteiger partial charge in [-0.15, -0.1) is 0 Å². The Labute approximate surface area is 130 Å². The van der Waals surface area contributed by atoms with Gasteiger partial charge in [-0.05, 0) is 43.0 Å². The van der Waals surface area contributed by atoms with Gasteiger partial charge in [0.2, 0.25) is 0 Å². The van der Waals surface area contributed by atoms with E-state index in [1.807, 2.05) is 0 Å². The summed E-state index contributed by atoms with van der Waals surface area (Å²) in [5.41, 5.74) is 0. The second-order valence-corrected chi connectivity index (χ2v) is 8.52. The standard InChI is InChI=1S/C18H36OS/c1-3-5-6-7-8-11-16-20(15-4-2)17-13-18-12-9-10-14-19-18/h4,18H,3,5-17H2,1-2H3/q+1. The number of hydrogen-bond donors (Lipinski definition) is 0. The third-order valence-electron chi connectivity index (χ3n) is 4.19. The van der Waals surface area contributed by atoms with Crippen LogP contribution in [0.1, 0.15) is 78.1 Å². The maximum Gasteiger partial charge on any atom is 0.111 e. The lowest BCUT2D eigenvalue weighted by Gasteiger charge is -2.22. The minimum Gasteiger partial charge on any atom is -0.378 e. The molecule has 0 aliphatic carbocycles. The highest BCUT2D eigenvalue weighted by Gasteiger charge is 2.21. The normalized spacial score (nSPS) is 21.0. The SMILES string of the molecule is C[CH]C[S+](CCCCCCCC)CCC1CCCCO1. The molecule has 2 atom stereocenters. The van der Waals surface area contributed by atoms with Crippen molar-refractivity contribution in [2.45, 2.75) is 84.2 Å². The summed E-state index contributed by atoms with van der Waals surface area (Å²) in [5.74, 6) is 4.20. The summed E-state index contributed by atoms with van der Waals surface area (Å²) in [4.78, 5) is 0. The van der Waals surface area contributed by atoms with Crippen LogP contribution in [-0.2, 0) is 15.6 Å². The fourth-order valence-electron chi connectivity index (χ4n) is 2.92.